The second kappa shape index (κ2) is 6.72. The first-order valence-electron chi connectivity index (χ1n) is 7.40. The number of ether oxygens (including phenoxy) is 1. The van der Waals surface area contributed by atoms with Crippen molar-refractivity contribution in [3.05, 3.63) is 29.8 Å². The molecule has 2 rings (SSSR count). The summed E-state index contributed by atoms with van der Waals surface area (Å²) in [7, 11) is 0.678. The molecule has 20 heavy (non-hydrogen) atoms. The Labute approximate surface area is 124 Å². The Morgan fingerprint density at radius 3 is 2.55 bits per heavy atom. The minimum atomic E-state index is -1.01. The van der Waals surface area contributed by atoms with Crippen molar-refractivity contribution in [1.82, 2.24) is 4.72 Å². The largest absolute Gasteiger partial charge is 0.497 e. The van der Waals surface area contributed by atoms with Crippen LogP contribution in [0.2, 0.25) is 0 Å². The SMILES string of the molecule is COc1cccc(C2(NS(=O)C(C)C)CCCCC2)c1. The first-order chi connectivity index (χ1) is 9.57. The van der Waals surface area contributed by atoms with Crippen molar-refractivity contribution in [2.45, 2.75) is 56.7 Å². The molecule has 3 nitrogen and oxygen atoms in total. The highest BCUT2D eigenvalue weighted by atomic mass is 32.2. The van der Waals surface area contributed by atoms with Crippen molar-refractivity contribution >= 4 is 11.0 Å². The lowest BCUT2D eigenvalue weighted by Gasteiger charge is -2.38. The average Bonchev–Trinajstić information content (AvgIpc) is 2.48. The summed E-state index contributed by atoms with van der Waals surface area (Å²) >= 11 is 0. The third-order valence-corrected chi connectivity index (χ3v) is 5.50. The van der Waals surface area contributed by atoms with Crippen LogP contribution in [-0.2, 0) is 16.5 Å². The predicted molar refractivity (Wildman–Crippen MR) is 84.2 cm³/mol. The van der Waals surface area contributed by atoms with Gasteiger partial charge in [0, 0.05) is 5.25 Å². The van der Waals surface area contributed by atoms with E-state index < -0.39 is 11.0 Å². The fraction of sp³-hybridized carbons (Fsp3) is 0.625. The van der Waals surface area contributed by atoms with E-state index in [9.17, 15) is 4.21 Å². The summed E-state index contributed by atoms with van der Waals surface area (Å²) in [4.78, 5) is 0. The topological polar surface area (TPSA) is 38.3 Å². The molecule has 1 aliphatic rings. The van der Waals surface area contributed by atoms with Crippen molar-refractivity contribution in [2.24, 2.45) is 0 Å². The molecule has 1 unspecified atom stereocenters. The standard InChI is InChI=1S/C16H25NO2S/c1-13(2)20(18)17-16(10-5-4-6-11-16)14-8-7-9-15(12-14)19-3/h7-9,12-13,17H,4-6,10-11H2,1-3H3. The van der Waals surface area contributed by atoms with Gasteiger partial charge in [0.1, 0.15) is 5.75 Å². The first kappa shape index (κ1) is 15.5. The summed E-state index contributed by atoms with van der Waals surface area (Å²) in [5.41, 5.74) is 1.03. The van der Waals surface area contributed by atoms with Gasteiger partial charge in [-0.15, -0.1) is 0 Å². The molecule has 0 heterocycles. The second-order valence-electron chi connectivity index (χ2n) is 5.82. The lowest BCUT2D eigenvalue weighted by molar-refractivity contribution is 0.276. The number of methoxy groups -OCH3 is 1. The van der Waals surface area contributed by atoms with Gasteiger partial charge in [-0.1, -0.05) is 31.4 Å². The van der Waals surface area contributed by atoms with Gasteiger partial charge in [0.25, 0.3) is 0 Å². The Kier molecular flexibility index (Phi) is 5.22. The third-order valence-electron chi connectivity index (χ3n) is 4.05. The molecule has 1 aliphatic carbocycles. The van der Waals surface area contributed by atoms with Crippen LogP contribution in [0.4, 0.5) is 0 Å². The maximum Gasteiger partial charge on any atom is 0.119 e. The van der Waals surface area contributed by atoms with E-state index >= 15 is 0 Å². The van der Waals surface area contributed by atoms with Crippen LogP contribution in [0.3, 0.4) is 0 Å². The van der Waals surface area contributed by atoms with Gasteiger partial charge in [0.15, 0.2) is 0 Å². The number of hydrogen-bond donors (Lipinski definition) is 1. The molecular weight excluding hydrogens is 270 g/mol. The minimum absolute atomic E-state index is 0.124. The van der Waals surface area contributed by atoms with Crippen molar-refractivity contribution < 1.29 is 8.95 Å². The number of nitrogens with one attached hydrogen (secondary N) is 1. The van der Waals surface area contributed by atoms with Crippen LogP contribution in [0.5, 0.6) is 5.75 Å². The highest BCUT2D eigenvalue weighted by Gasteiger charge is 2.35. The van der Waals surface area contributed by atoms with E-state index in [2.05, 4.69) is 16.9 Å². The van der Waals surface area contributed by atoms with E-state index in [0.29, 0.717) is 0 Å². The Bertz CT molecular complexity index is 467. The van der Waals surface area contributed by atoms with E-state index in [0.717, 1.165) is 18.6 Å². The summed E-state index contributed by atoms with van der Waals surface area (Å²) in [6, 6.07) is 8.18. The molecule has 1 aromatic rings. The fourth-order valence-corrected chi connectivity index (χ4v) is 3.78. The number of rotatable bonds is 5. The van der Waals surface area contributed by atoms with E-state index in [-0.39, 0.29) is 10.8 Å². The van der Waals surface area contributed by atoms with Gasteiger partial charge in [-0.05, 0) is 44.4 Å². The van der Waals surface area contributed by atoms with Gasteiger partial charge in [-0.3, -0.25) is 0 Å². The van der Waals surface area contributed by atoms with Crippen LogP contribution >= 0.6 is 0 Å². The van der Waals surface area contributed by atoms with Crippen molar-refractivity contribution in [2.75, 3.05) is 7.11 Å². The summed E-state index contributed by atoms with van der Waals surface area (Å²) in [5.74, 6) is 0.865. The Morgan fingerprint density at radius 2 is 1.95 bits per heavy atom. The van der Waals surface area contributed by atoms with Gasteiger partial charge in [0.2, 0.25) is 0 Å². The Morgan fingerprint density at radius 1 is 1.25 bits per heavy atom. The van der Waals surface area contributed by atoms with Crippen LogP contribution in [0.25, 0.3) is 0 Å². The van der Waals surface area contributed by atoms with Gasteiger partial charge < -0.3 is 4.74 Å². The quantitative estimate of drug-likeness (QED) is 0.902. The zero-order valence-corrected chi connectivity index (χ0v) is 13.5. The summed E-state index contributed by atoms with van der Waals surface area (Å²) in [6.07, 6.45) is 5.71. The number of hydrogen-bond acceptors (Lipinski definition) is 2. The molecule has 0 bridgehead atoms. The molecule has 0 amide bonds. The summed E-state index contributed by atoms with van der Waals surface area (Å²) in [6.45, 7) is 3.98. The van der Waals surface area contributed by atoms with Crippen molar-refractivity contribution in [3.8, 4) is 5.75 Å². The van der Waals surface area contributed by atoms with Gasteiger partial charge in [-0.2, -0.15) is 0 Å². The second-order valence-corrected chi connectivity index (χ2v) is 7.56. The maximum absolute atomic E-state index is 12.3. The monoisotopic (exact) mass is 295 g/mol. The molecule has 1 aromatic carbocycles. The van der Waals surface area contributed by atoms with Crippen LogP contribution in [0, 0.1) is 0 Å². The van der Waals surface area contributed by atoms with Crippen LogP contribution in [-0.4, -0.2) is 16.6 Å². The van der Waals surface area contributed by atoms with Crippen LogP contribution in [0.1, 0.15) is 51.5 Å². The van der Waals surface area contributed by atoms with E-state index in [1.807, 2.05) is 26.0 Å². The summed E-state index contributed by atoms with van der Waals surface area (Å²) < 4.78 is 21.1. The van der Waals surface area contributed by atoms with E-state index in [1.165, 1.54) is 24.8 Å². The normalized spacial score (nSPS) is 19.8. The van der Waals surface area contributed by atoms with Crippen LogP contribution < -0.4 is 9.46 Å². The zero-order valence-electron chi connectivity index (χ0n) is 12.6. The fourth-order valence-electron chi connectivity index (χ4n) is 2.84. The molecule has 1 fully saturated rings. The molecule has 1 atom stereocenters. The minimum Gasteiger partial charge on any atom is -0.497 e. The van der Waals surface area contributed by atoms with Crippen molar-refractivity contribution in [1.29, 1.82) is 0 Å². The molecule has 4 heteroatoms. The smallest absolute Gasteiger partial charge is 0.119 e. The molecule has 0 aromatic heterocycles. The first-order valence-corrected chi connectivity index (χ1v) is 8.62. The van der Waals surface area contributed by atoms with Gasteiger partial charge in [0.05, 0.1) is 23.6 Å². The molecule has 0 aliphatic heterocycles. The highest BCUT2D eigenvalue weighted by molar-refractivity contribution is 7.83. The molecular formula is C16H25NO2S. The van der Waals surface area contributed by atoms with E-state index in [4.69, 9.17) is 4.74 Å². The average molecular weight is 295 g/mol. The molecule has 0 saturated heterocycles. The van der Waals surface area contributed by atoms with Crippen LogP contribution in [0.15, 0.2) is 24.3 Å². The molecule has 1 saturated carbocycles. The third kappa shape index (κ3) is 3.41. The maximum atomic E-state index is 12.3. The van der Waals surface area contributed by atoms with Gasteiger partial charge >= 0.3 is 0 Å². The van der Waals surface area contributed by atoms with E-state index in [1.54, 1.807) is 7.11 Å². The van der Waals surface area contributed by atoms with Crippen molar-refractivity contribution in [3.63, 3.8) is 0 Å². The Hall–Kier alpha value is -0.870. The van der Waals surface area contributed by atoms with Gasteiger partial charge in [-0.25, -0.2) is 8.93 Å². The highest BCUT2D eigenvalue weighted by Crippen LogP contribution is 2.38. The number of benzene rings is 1. The Balaban J connectivity index is 2.32. The molecule has 0 spiro atoms. The predicted octanol–water partition coefficient (Wildman–Crippen LogP) is 3.52. The lowest BCUT2D eigenvalue weighted by Crippen LogP contribution is -2.46. The molecule has 0 radical (unpaired) electrons. The zero-order chi connectivity index (χ0) is 14.6. The lowest BCUT2D eigenvalue weighted by atomic mass is 9.77. The molecule has 1 N–H and O–H groups in total. The summed E-state index contributed by atoms with van der Waals surface area (Å²) in [5, 5.41) is 0.124. The molecule has 112 valence electrons.